The van der Waals surface area contributed by atoms with E-state index < -0.39 is 0 Å². The van der Waals surface area contributed by atoms with Gasteiger partial charge in [0.15, 0.2) is 0 Å². The number of rotatable bonds is 6. The molecule has 0 radical (unpaired) electrons. The van der Waals surface area contributed by atoms with Gasteiger partial charge in [-0.25, -0.2) is 0 Å². The van der Waals surface area contributed by atoms with Crippen LogP contribution >= 0.6 is 11.6 Å². The van der Waals surface area contributed by atoms with Gasteiger partial charge in [0.25, 0.3) is 5.91 Å². The number of nitrogens with zero attached hydrogens (tertiary/aromatic N) is 2. The molecular formula is C22H23ClN2O. The van der Waals surface area contributed by atoms with E-state index in [9.17, 15) is 4.79 Å². The van der Waals surface area contributed by atoms with Gasteiger partial charge >= 0.3 is 0 Å². The highest BCUT2D eigenvalue weighted by Gasteiger charge is 2.20. The van der Waals surface area contributed by atoms with Gasteiger partial charge in [-0.15, -0.1) is 0 Å². The minimum atomic E-state index is 0.0177. The summed E-state index contributed by atoms with van der Waals surface area (Å²) >= 11 is 5.94. The zero-order chi connectivity index (χ0) is 18.5. The molecule has 0 aliphatic carbocycles. The second kappa shape index (κ2) is 8.24. The van der Waals surface area contributed by atoms with Gasteiger partial charge in [-0.1, -0.05) is 41.9 Å². The number of hydrogen-bond acceptors (Lipinski definition) is 1. The summed E-state index contributed by atoms with van der Waals surface area (Å²) in [6.07, 6.45) is 2.06. The molecule has 4 heteroatoms. The number of carbonyl (C=O) groups excluding carboxylic acids is 1. The van der Waals surface area contributed by atoms with Crippen LogP contribution in [0.25, 0.3) is 0 Å². The van der Waals surface area contributed by atoms with Gasteiger partial charge in [-0.2, -0.15) is 0 Å². The molecule has 0 atom stereocenters. The number of carbonyl (C=O) groups is 1. The molecule has 1 aromatic heterocycles. The van der Waals surface area contributed by atoms with Crippen molar-refractivity contribution in [3.63, 3.8) is 0 Å². The van der Waals surface area contributed by atoms with Crippen molar-refractivity contribution in [3.05, 3.63) is 94.8 Å². The Labute approximate surface area is 159 Å². The Hall–Kier alpha value is -2.52. The zero-order valence-electron chi connectivity index (χ0n) is 15.1. The maximum absolute atomic E-state index is 13.0. The molecule has 0 N–H and O–H groups in total. The maximum Gasteiger partial charge on any atom is 0.254 e. The summed E-state index contributed by atoms with van der Waals surface area (Å²) in [5, 5.41) is 0.634. The summed E-state index contributed by atoms with van der Waals surface area (Å²) in [5.41, 5.74) is 3.01. The topological polar surface area (TPSA) is 25.2 Å². The zero-order valence-corrected chi connectivity index (χ0v) is 15.9. The fraction of sp³-hybridized carbons (Fsp3) is 0.227. The van der Waals surface area contributed by atoms with Gasteiger partial charge in [-0.3, -0.25) is 4.79 Å². The first-order valence-electron chi connectivity index (χ1n) is 8.79. The van der Waals surface area contributed by atoms with Crippen LogP contribution in [0.2, 0.25) is 5.02 Å². The van der Waals surface area contributed by atoms with E-state index in [2.05, 4.69) is 29.0 Å². The molecule has 1 amide bonds. The molecule has 0 aliphatic heterocycles. The first-order valence-corrected chi connectivity index (χ1v) is 9.17. The molecule has 0 bridgehead atoms. The van der Waals surface area contributed by atoms with E-state index in [1.165, 1.54) is 5.56 Å². The Bertz CT molecular complexity index is 853. The molecule has 0 unspecified atom stereocenters. The predicted molar refractivity (Wildman–Crippen MR) is 106 cm³/mol. The van der Waals surface area contributed by atoms with E-state index in [0.717, 1.165) is 12.2 Å². The number of benzene rings is 2. The molecule has 0 saturated heterocycles. The number of amides is 1. The van der Waals surface area contributed by atoms with Crippen LogP contribution in [-0.2, 0) is 13.1 Å². The Kier molecular flexibility index (Phi) is 5.79. The van der Waals surface area contributed by atoms with Crippen LogP contribution in [0, 0.1) is 0 Å². The van der Waals surface area contributed by atoms with E-state index in [1.807, 2.05) is 43.0 Å². The summed E-state index contributed by atoms with van der Waals surface area (Å²) in [4.78, 5) is 14.9. The summed E-state index contributed by atoms with van der Waals surface area (Å²) in [5.74, 6) is 0.0177. The quantitative estimate of drug-likeness (QED) is 0.585. The fourth-order valence-electron chi connectivity index (χ4n) is 2.95. The SMILES string of the molecule is CC(C)N(Cc1cccn1Cc1ccccc1)C(=O)c1ccc(Cl)cc1. The predicted octanol–water partition coefficient (Wildman–Crippen LogP) is 5.24. The molecule has 1 heterocycles. The Morgan fingerprint density at radius 3 is 2.35 bits per heavy atom. The molecule has 2 aromatic carbocycles. The van der Waals surface area contributed by atoms with Crippen molar-refractivity contribution in [2.45, 2.75) is 33.0 Å². The van der Waals surface area contributed by atoms with Crippen molar-refractivity contribution in [1.29, 1.82) is 0 Å². The summed E-state index contributed by atoms with van der Waals surface area (Å²) in [6, 6.07) is 21.6. The third-order valence-corrected chi connectivity index (χ3v) is 4.68. The minimum Gasteiger partial charge on any atom is -0.345 e. The Morgan fingerprint density at radius 2 is 1.69 bits per heavy atom. The normalized spacial score (nSPS) is 10.9. The molecule has 0 saturated carbocycles. The van der Waals surface area contributed by atoms with Crippen LogP contribution in [0.3, 0.4) is 0 Å². The molecular weight excluding hydrogens is 344 g/mol. The van der Waals surface area contributed by atoms with Gasteiger partial charge < -0.3 is 9.47 Å². The van der Waals surface area contributed by atoms with Crippen LogP contribution in [0.4, 0.5) is 0 Å². The van der Waals surface area contributed by atoms with E-state index in [0.29, 0.717) is 17.1 Å². The molecule has 0 spiro atoms. The molecule has 3 nitrogen and oxygen atoms in total. The van der Waals surface area contributed by atoms with Crippen LogP contribution < -0.4 is 0 Å². The van der Waals surface area contributed by atoms with Crippen LogP contribution in [-0.4, -0.2) is 21.4 Å². The van der Waals surface area contributed by atoms with E-state index in [1.54, 1.807) is 24.3 Å². The largest absolute Gasteiger partial charge is 0.345 e. The number of halogens is 1. The smallest absolute Gasteiger partial charge is 0.254 e. The molecule has 3 rings (SSSR count). The monoisotopic (exact) mass is 366 g/mol. The van der Waals surface area contributed by atoms with Crippen LogP contribution in [0.15, 0.2) is 72.9 Å². The lowest BCUT2D eigenvalue weighted by atomic mass is 10.1. The molecule has 26 heavy (non-hydrogen) atoms. The maximum atomic E-state index is 13.0. The average molecular weight is 367 g/mol. The molecule has 0 aliphatic rings. The van der Waals surface area contributed by atoms with Gasteiger partial charge in [0, 0.05) is 35.1 Å². The summed E-state index contributed by atoms with van der Waals surface area (Å²) in [7, 11) is 0. The molecule has 0 fully saturated rings. The van der Waals surface area contributed by atoms with Crippen molar-refractivity contribution in [2.24, 2.45) is 0 Å². The lowest BCUT2D eigenvalue weighted by Crippen LogP contribution is -2.37. The lowest BCUT2D eigenvalue weighted by Gasteiger charge is -2.27. The van der Waals surface area contributed by atoms with Crippen molar-refractivity contribution in [3.8, 4) is 0 Å². The van der Waals surface area contributed by atoms with Gasteiger partial charge in [-0.05, 0) is 55.8 Å². The van der Waals surface area contributed by atoms with Crippen molar-refractivity contribution in [1.82, 2.24) is 9.47 Å². The first kappa shape index (κ1) is 18.3. The lowest BCUT2D eigenvalue weighted by molar-refractivity contribution is 0.0686. The van der Waals surface area contributed by atoms with Gasteiger partial charge in [0.05, 0.1) is 6.54 Å². The second-order valence-corrected chi connectivity index (χ2v) is 7.08. The average Bonchev–Trinajstić information content (AvgIpc) is 3.07. The summed E-state index contributed by atoms with van der Waals surface area (Å²) < 4.78 is 2.19. The van der Waals surface area contributed by atoms with Gasteiger partial charge in [0.2, 0.25) is 0 Å². The number of hydrogen-bond donors (Lipinski definition) is 0. The van der Waals surface area contributed by atoms with Gasteiger partial charge in [0.1, 0.15) is 0 Å². The third-order valence-electron chi connectivity index (χ3n) is 4.43. The fourth-order valence-corrected chi connectivity index (χ4v) is 3.08. The highest BCUT2D eigenvalue weighted by Crippen LogP contribution is 2.17. The second-order valence-electron chi connectivity index (χ2n) is 6.65. The van der Waals surface area contributed by atoms with E-state index >= 15 is 0 Å². The third kappa shape index (κ3) is 4.36. The Morgan fingerprint density at radius 1 is 1.00 bits per heavy atom. The highest BCUT2D eigenvalue weighted by molar-refractivity contribution is 6.30. The number of aromatic nitrogens is 1. The standard InChI is InChI=1S/C22H23ClN2O/c1-17(2)25(22(26)19-10-12-20(23)13-11-19)16-21-9-6-14-24(21)15-18-7-4-3-5-8-18/h3-14,17H,15-16H2,1-2H3. The van der Waals surface area contributed by atoms with Crippen molar-refractivity contribution < 1.29 is 4.79 Å². The van der Waals surface area contributed by atoms with E-state index in [4.69, 9.17) is 11.6 Å². The van der Waals surface area contributed by atoms with Crippen LogP contribution in [0.5, 0.6) is 0 Å². The first-order chi connectivity index (χ1) is 12.5. The highest BCUT2D eigenvalue weighted by atomic mass is 35.5. The molecule has 134 valence electrons. The van der Waals surface area contributed by atoms with Crippen LogP contribution in [0.1, 0.15) is 35.5 Å². The Balaban J connectivity index is 1.80. The summed E-state index contributed by atoms with van der Waals surface area (Å²) in [6.45, 7) is 5.44. The van der Waals surface area contributed by atoms with E-state index in [-0.39, 0.29) is 11.9 Å². The minimum absolute atomic E-state index is 0.0177. The van der Waals surface area contributed by atoms with Crippen molar-refractivity contribution >= 4 is 17.5 Å². The van der Waals surface area contributed by atoms with Crippen molar-refractivity contribution in [2.75, 3.05) is 0 Å². The molecule has 3 aromatic rings.